The van der Waals surface area contributed by atoms with Crippen molar-refractivity contribution in [3.05, 3.63) is 71.8 Å². The van der Waals surface area contributed by atoms with Gasteiger partial charge in [0.1, 0.15) is 12.9 Å². The number of carbonyl (C=O) groups is 2. The standard InChI is InChI=1S/C22H19N3O6/c1-25-9-15(13-5-2-3-7-16(13)25)19-18(21(28)23-22(19)29)14-6-4-8-17(20(14)24-30)31-11-12(27)10-26/h2-10,24,26-27,30H,11H2,1H3,(H,23,28,29)/p+1/b12-10-. The number of para-hydroxylation sites is 2. The second-order valence-electron chi connectivity index (χ2n) is 6.96. The first-order valence-electron chi connectivity index (χ1n) is 9.36. The molecule has 2 amide bonds. The Balaban J connectivity index is 1.93. The van der Waals surface area contributed by atoms with Crippen molar-refractivity contribution in [1.29, 1.82) is 0 Å². The van der Waals surface area contributed by atoms with Crippen LogP contribution in [0.15, 0.2) is 60.7 Å². The van der Waals surface area contributed by atoms with Crippen molar-refractivity contribution in [3.8, 4) is 5.75 Å². The molecule has 2 aromatic carbocycles. The minimum Gasteiger partial charge on any atom is -0.512 e. The summed E-state index contributed by atoms with van der Waals surface area (Å²) in [5.74, 6) is -1.39. The Morgan fingerprint density at radius 2 is 1.81 bits per heavy atom. The smallest absolute Gasteiger partial charge is 0.259 e. The molecule has 0 saturated heterocycles. The van der Waals surface area contributed by atoms with Gasteiger partial charge in [0.25, 0.3) is 11.8 Å². The lowest BCUT2D eigenvalue weighted by molar-refractivity contribution is -0.826. The van der Waals surface area contributed by atoms with Crippen molar-refractivity contribution in [2.45, 2.75) is 0 Å². The Kier molecular flexibility index (Phi) is 5.20. The number of aliphatic hydroxyl groups excluding tert-OH is 2. The largest absolute Gasteiger partial charge is 0.512 e. The van der Waals surface area contributed by atoms with Crippen molar-refractivity contribution in [3.63, 3.8) is 0 Å². The van der Waals surface area contributed by atoms with Crippen LogP contribution in [0.1, 0.15) is 11.1 Å². The third kappa shape index (κ3) is 3.41. The van der Waals surface area contributed by atoms with Crippen molar-refractivity contribution in [2.24, 2.45) is 7.05 Å². The number of carbonyl (C=O) groups excluding carboxylic acids is 2. The summed E-state index contributed by atoms with van der Waals surface area (Å²) >= 11 is 0. The molecule has 1 aliphatic rings. The first-order chi connectivity index (χ1) is 15.0. The van der Waals surface area contributed by atoms with E-state index in [4.69, 9.17) is 9.84 Å². The van der Waals surface area contributed by atoms with Gasteiger partial charge in [-0.3, -0.25) is 14.9 Å². The van der Waals surface area contributed by atoms with E-state index in [2.05, 4.69) is 5.32 Å². The summed E-state index contributed by atoms with van der Waals surface area (Å²) in [7, 11) is 1.85. The number of hydrogen-bond donors (Lipinski definition) is 5. The molecule has 0 fully saturated rings. The van der Waals surface area contributed by atoms with Gasteiger partial charge in [0.2, 0.25) is 5.69 Å². The number of nitrogens with one attached hydrogen (secondary N) is 1. The van der Waals surface area contributed by atoms with Crippen LogP contribution < -0.4 is 15.5 Å². The topological polar surface area (TPSA) is 138 Å². The van der Waals surface area contributed by atoms with Gasteiger partial charge in [0.05, 0.1) is 16.7 Å². The molecule has 9 nitrogen and oxygen atoms in total. The monoisotopic (exact) mass is 422 g/mol. The second-order valence-corrected chi connectivity index (χ2v) is 6.96. The number of ether oxygens (including phenoxy) is 1. The molecule has 0 radical (unpaired) electrons. The molecule has 1 aliphatic heterocycles. The molecule has 158 valence electrons. The number of amides is 2. The number of quaternary nitrogens is 1. The second kappa shape index (κ2) is 7.98. The first kappa shape index (κ1) is 20.2. The molecule has 0 bridgehead atoms. The molecule has 1 aromatic heterocycles. The third-order valence-corrected chi connectivity index (χ3v) is 5.09. The molecule has 0 atom stereocenters. The van der Waals surface area contributed by atoms with Crippen molar-refractivity contribution < 1.29 is 35.2 Å². The maximum Gasteiger partial charge on any atom is 0.259 e. The van der Waals surface area contributed by atoms with Gasteiger partial charge in [0, 0.05) is 29.7 Å². The molecule has 0 aliphatic carbocycles. The van der Waals surface area contributed by atoms with Gasteiger partial charge in [-0.2, -0.15) is 5.48 Å². The Hall–Kier alpha value is -4.08. The molecule has 0 saturated carbocycles. The highest BCUT2D eigenvalue weighted by atomic mass is 16.5. The summed E-state index contributed by atoms with van der Waals surface area (Å²) in [6.07, 6.45) is 2.28. The average molecular weight is 422 g/mol. The highest BCUT2D eigenvalue weighted by Crippen LogP contribution is 2.39. The van der Waals surface area contributed by atoms with Gasteiger partial charge >= 0.3 is 0 Å². The van der Waals surface area contributed by atoms with E-state index >= 15 is 0 Å². The van der Waals surface area contributed by atoms with E-state index in [1.807, 2.05) is 35.9 Å². The first-order valence-corrected chi connectivity index (χ1v) is 9.36. The molecule has 3 aromatic rings. The predicted molar refractivity (Wildman–Crippen MR) is 112 cm³/mol. The van der Waals surface area contributed by atoms with E-state index in [0.717, 1.165) is 16.4 Å². The zero-order valence-corrected chi connectivity index (χ0v) is 16.5. The number of aryl methyl sites for hydroxylation is 1. The normalized spacial score (nSPS) is 14.5. The van der Waals surface area contributed by atoms with Gasteiger partial charge in [0.15, 0.2) is 11.5 Å². The Morgan fingerprint density at radius 1 is 1.10 bits per heavy atom. The molecule has 4 rings (SSSR count). The predicted octanol–water partition coefficient (Wildman–Crippen LogP) is 1.67. The van der Waals surface area contributed by atoms with E-state index < -0.39 is 17.6 Å². The number of hydrogen-bond acceptors (Lipinski definition) is 6. The number of rotatable bonds is 6. The number of aliphatic hydroxyl groups is 2. The van der Waals surface area contributed by atoms with Crippen molar-refractivity contribution in [1.82, 2.24) is 9.88 Å². The van der Waals surface area contributed by atoms with E-state index in [9.17, 15) is 19.9 Å². The zero-order chi connectivity index (χ0) is 22.1. The fourth-order valence-corrected chi connectivity index (χ4v) is 3.72. The van der Waals surface area contributed by atoms with E-state index in [0.29, 0.717) is 17.4 Å². The van der Waals surface area contributed by atoms with Crippen LogP contribution >= 0.6 is 0 Å². The minimum absolute atomic E-state index is 0.106. The van der Waals surface area contributed by atoms with E-state index in [1.54, 1.807) is 18.3 Å². The molecular weight excluding hydrogens is 402 g/mol. The number of benzene rings is 2. The van der Waals surface area contributed by atoms with Crippen molar-refractivity contribution >= 4 is 39.6 Å². The number of nitrogens with two attached hydrogens (primary N) is 1. The Labute approximate surface area is 176 Å². The van der Waals surface area contributed by atoms with E-state index in [-0.39, 0.29) is 29.2 Å². The lowest BCUT2D eigenvalue weighted by atomic mass is 9.94. The van der Waals surface area contributed by atoms with Crippen LogP contribution in [0.5, 0.6) is 5.75 Å². The van der Waals surface area contributed by atoms with Gasteiger partial charge in [-0.25, -0.2) is 5.21 Å². The summed E-state index contributed by atoms with van der Waals surface area (Å²) in [4.78, 5) is 25.6. The van der Waals surface area contributed by atoms with Crippen LogP contribution in [-0.4, -0.2) is 38.4 Å². The van der Waals surface area contributed by atoms with Crippen LogP contribution in [0.4, 0.5) is 5.69 Å². The molecule has 9 heteroatoms. The molecular formula is C22H20N3O6+. The molecule has 0 spiro atoms. The zero-order valence-electron chi connectivity index (χ0n) is 16.5. The molecule has 6 N–H and O–H groups in total. The number of fused-ring (bicyclic) bond motifs is 1. The summed E-state index contributed by atoms with van der Waals surface area (Å²) < 4.78 is 7.31. The summed E-state index contributed by atoms with van der Waals surface area (Å²) in [6.45, 7) is -0.346. The fraction of sp³-hybridized carbons (Fsp3) is 0.0909. The summed E-state index contributed by atoms with van der Waals surface area (Å²) in [5, 5.41) is 31.3. The average Bonchev–Trinajstić information content (AvgIpc) is 3.26. The molecule has 31 heavy (non-hydrogen) atoms. The van der Waals surface area contributed by atoms with Crippen LogP contribution in [0.25, 0.3) is 22.0 Å². The third-order valence-electron chi connectivity index (χ3n) is 5.09. The van der Waals surface area contributed by atoms with Crippen LogP contribution in [-0.2, 0) is 16.6 Å². The maximum atomic E-state index is 12.8. The summed E-state index contributed by atoms with van der Waals surface area (Å²) in [6, 6.07) is 12.2. The lowest BCUT2D eigenvalue weighted by Crippen LogP contribution is -2.74. The van der Waals surface area contributed by atoms with Crippen LogP contribution in [0.2, 0.25) is 0 Å². The molecule has 0 unspecified atom stereocenters. The fourth-order valence-electron chi connectivity index (χ4n) is 3.72. The van der Waals surface area contributed by atoms with Gasteiger partial charge in [-0.1, -0.05) is 24.3 Å². The van der Waals surface area contributed by atoms with Gasteiger partial charge in [-0.15, -0.1) is 0 Å². The molecule has 2 heterocycles. The lowest BCUT2D eigenvalue weighted by Gasteiger charge is -2.11. The Bertz CT molecular complexity index is 1270. The number of nitrogens with zero attached hydrogens (tertiary/aromatic N) is 1. The number of aromatic nitrogens is 1. The Morgan fingerprint density at radius 3 is 2.52 bits per heavy atom. The summed E-state index contributed by atoms with van der Waals surface area (Å²) in [5.41, 5.74) is 3.01. The minimum atomic E-state index is -0.591. The van der Waals surface area contributed by atoms with Crippen molar-refractivity contribution in [2.75, 3.05) is 6.61 Å². The van der Waals surface area contributed by atoms with Gasteiger partial charge < -0.3 is 19.5 Å². The van der Waals surface area contributed by atoms with Gasteiger partial charge in [-0.05, 0) is 18.2 Å². The SMILES string of the molecule is Cn1cc(C2=C(c3cccc(OC/C(O)=C/O)c3[NH2+]O)C(=O)NC2=O)c2ccccc21. The maximum absolute atomic E-state index is 12.8. The van der Waals surface area contributed by atoms with E-state index in [1.165, 1.54) is 6.07 Å². The number of imide groups is 1. The van der Waals surface area contributed by atoms with Crippen LogP contribution in [0, 0.1) is 0 Å². The highest BCUT2D eigenvalue weighted by molar-refractivity contribution is 6.50. The quantitative estimate of drug-likeness (QED) is 0.177. The van der Waals surface area contributed by atoms with Crippen LogP contribution in [0.3, 0.4) is 0 Å². The highest BCUT2D eigenvalue weighted by Gasteiger charge is 2.36.